The van der Waals surface area contributed by atoms with Gasteiger partial charge in [0.25, 0.3) is 0 Å². The van der Waals surface area contributed by atoms with Crippen molar-refractivity contribution in [2.75, 3.05) is 26.0 Å². The van der Waals surface area contributed by atoms with Gasteiger partial charge in [0.15, 0.2) is 0 Å². The van der Waals surface area contributed by atoms with Crippen molar-refractivity contribution in [3.63, 3.8) is 0 Å². The van der Waals surface area contributed by atoms with Gasteiger partial charge in [-0.15, -0.1) is 0 Å². The van der Waals surface area contributed by atoms with Crippen LogP contribution in [0.4, 0.5) is 5.69 Å². The molecule has 0 saturated carbocycles. The van der Waals surface area contributed by atoms with E-state index in [1.165, 1.54) is 24.2 Å². The second-order valence-electron chi connectivity index (χ2n) is 6.32. The first-order valence-corrected chi connectivity index (χ1v) is 8.82. The number of ether oxygens (including phenoxy) is 1. The van der Waals surface area contributed by atoms with Gasteiger partial charge in [-0.25, -0.2) is 0 Å². The molecule has 0 radical (unpaired) electrons. The van der Waals surface area contributed by atoms with Crippen molar-refractivity contribution in [1.82, 2.24) is 4.90 Å². The highest BCUT2D eigenvalue weighted by Crippen LogP contribution is 2.12. The Kier molecular flexibility index (Phi) is 7.56. The Labute approximate surface area is 164 Å². The Morgan fingerprint density at radius 3 is 2.54 bits per heavy atom. The number of rotatable bonds is 8. The first-order valence-electron chi connectivity index (χ1n) is 8.82. The van der Waals surface area contributed by atoms with Crippen LogP contribution in [0.25, 0.3) is 6.08 Å². The number of nitrogens with one attached hydrogen (secondary N) is 1. The Morgan fingerprint density at radius 1 is 1.14 bits per heavy atom. The lowest BCUT2D eigenvalue weighted by Gasteiger charge is -2.14. The van der Waals surface area contributed by atoms with E-state index >= 15 is 0 Å². The van der Waals surface area contributed by atoms with E-state index in [4.69, 9.17) is 4.42 Å². The van der Waals surface area contributed by atoms with E-state index in [2.05, 4.69) is 10.1 Å². The summed E-state index contributed by atoms with van der Waals surface area (Å²) >= 11 is 0. The van der Waals surface area contributed by atoms with Gasteiger partial charge < -0.3 is 19.4 Å². The number of hydrogen-bond donors (Lipinski definition) is 1. The van der Waals surface area contributed by atoms with Gasteiger partial charge in [-0.2, -0.15) is 0 Å². The molecule has 2 rings (SSSR count). The molecule has 2 amide bonds. The number of benzene rings is 1. The zero-order valence-corrected chi connectivity index (χ0v) is 16.2. The maximum atomic E-state index is 12.2. The van der Waals surface area contributed by atoms with Gasteiger partial charge in [-0.3, -0.25) is 14.4 Å². The van der Waals surface area contributed by atoms with Gasteiger partial charge in [-0.05, 0) is 37.3 Å². The van der Waals surface area contributed by atoms with Crippen LogP contribution in [-0.2, 0) is 25.5 Å². The molecule has 0 bridgehead atoms. The topological polar surface area (TPSA) is 88.9 Å². The number of amides is 2. The van der Waals surface area contributed by atoms with Gasteiger partial charge in [0.2, 0.25) is 11.8 Å². The summed E-state index contributed by atoms with van der Waals surface area (Å²) in [6, 6.07) is 10.9. The lowest BCUT2D eigenvalue weighted by molar-refractivity contribution is -0.140. The number of furan rings is 1. The first kappa shape index (κ1) is 21.0. The first-order chi connectivity index (χ1) is 13.4. The number of nitrogens with zero attached hydrogens (tertiary/aromatic N) is 1. The van der Waals surface area contributed by atoms with E-state index in [9.17, 15) is 14.4 Å². The van der Waals surface area contributed by atoms with Crippen molar-refractivity contribution in [1.29, 1.82) is 0 Å². The maximum absolute atomic E-state index is 12.2. The molecule has 0 fully saturated rings. The fourth-order valence-corrected chi connectivity index (χ4v) is 2.36. The summed E-state index contributed by atoms with van der Waals surface area (Å²) in [5.74, 6) is 0.200. The summed E-state index contributed by atoms with van der Waals surface area (Å²) < 4.78 is 10.1. The second kappa shape index (κ2) is 10.1. The van der Waals surface area contributed by atoms with E-state index in [0.29, 0.717) is 23.6 Å². The average Bonchev–Trinajstić information content (AvgIpc) is 3.13. The molecule has 0 aliphatic heterocycles. The van der Waals surface area contributed by atoms with Crippen LogP contribution in [-0.4, -0.2) is 43.4 Å². The molecule has 0 spiro atoms. The Hall–Kier alpha value is -3.35. The normalized spacial score (nSPS) is 10.7. The molecule has 0 atom stereocenters. The SMILES string of the molecule is COC(=O)CCc1ccc(C=CC(=O)N(C)CC(=O)Nc2ccc(C)cc2)o1. The van der Waals surface area contributed by atoms with Crippen LogP contribution in [0.1, 0.15) is 23.5 Å². The smallest absolute Gasteiger partial charge is 0.305 e. The number of aryl methyl sites for hydroxylation is 2. The van der Waals surface area contributed by atoms with Crippen LogP contribution < -0.4 is 5.32 Å². The maximum Gasteiger partial charge on any atom is 0.305 e. The van der Waals surface area contributed by atoms with Crippen LogP contribution in [0.15, 0.2) is 46.9 Å². The molecule has 0 aliphatic carbocycles. The quantitative estimate of drug-likeness (QED) is 0.558. The molecule has 148 valence electrons. The van der Waals surface area contributed by atoms with Crippen molar-refractivity contribution in [3.05, 3.63) is 59.6 Å². The average molecular weight is 384 g/mol. The number of carbonyl (C=O) groups is 3. The largest absolute Gasteiger partial charge is 0.469 e. The Balaban J connectivity index is 1.82. The summed E-state index contributed by atoms with van der Waals surface area (Å²) in [4.78, 5) is 36.7. The van der Waals surface area contributed by atoms with Crippen molar-refractivity contribution in [3.8, 4) is 0 Å². The number of likely N-dealkylation sites (N-methyl/N-ethyl adjacent to an activating group) is 1. The highest BCUT2D eigenvalue weighted by Gasteiger charge is 2.11. The fourth-order valence-electron chi connectivity index (χ4n) is 2.36. The van der Waals surface area contributed by atoms with Gasteiger partial charge >= 0.3 is 5.97 Å². The number of anilines is 1. The third-order valence-corrected chi connectivity index (χ3v) is 3.97. The Bertz CT molecular complexity index is 852. The minimum Gasteiger partial charge on any atom is -0.469 e. The highest BCUT2D eigenvalue weighted by atomic mass is 16.5. The summed E-state index contributed by atoms with van der Waals surface area (Å²) in [5.41, 5.74) is 1.78. The zero-order chi connectivity index (χ0) is 20.5. The Morgan fingerprint density at radius 2 is 1.86 bits per heavy atom. The molecule has 0 aliphatic rings. The van der Waals surface area contributed by atoms with Gasteiger partial charge in [-0.1, -0.05) is 17.7 Å². The lowest BCUT2D eigenvalue weighted by atomic mass is 10.2. The number of esters is 1. The predicted molar refractivity (Wildman–Crippen MR) is 106 cm³/mol. The molecule has 1 aromatic carbocycles. The van der Waals surface area contributed by atoms with Crippen LogP contribution in [0.3, 0.4) is 0 Å². The zero-order valence-electron chi connectivity index (χ0n) is 16.2. The molecular weight excluding hydrogens is 360 g/mol. The van der Waals surface area contributed by atoms with Gasteiger partial charge in [0, 0.05) is 25.2 Å². The monoisotopic (exact) mass is 384 g/mol. The van der Waals surface area contributed by atoms with Crippen molar-refractivity contribution >= 4 is 29.5 Å². The van der Waals surface area contributed by atoms with E-state index in [1.54, 1.807) is 19.2 Å². The molecule has 7 heteroatoms. The fraction of sp³-hybridized carbons (Fsp3) is 0.286. The third kappa shape index (κ3) is 6.75. The number of hydrogen-bond acceptors (Lipinski definition) is 5. The molecule has 0 saturated heterocycles. The van der Waals surface area contributed by atoms with Gasteiger partial charge in [0.05, 0.1) is 20.1 Å². The third-order valence-electron chi connectivity index (χ3n) is 3.97. The van der Waals surface area contributed by atoms with Crippen molar-refractivity contribution in [2.24, 2.45) is 0 Å². The summed E-state index contributed by atoms with van der Waals surface area (Å²) in [5, 5.41) is 2.75. The molecule has 2 aromatic rings. The van der Waals surface area contributed by atoms with Crippen LogP contribution in [0.2, 0.25) is 0 Å². The number of carbonyl (C=O) groups excluding carboxylic acids is 3. The molecule has 7 nitrogen and oxygen atoms in total. The van der Waals surface area contributed by atoms with Crippen molar-refractivity contribution in [2.45, 2.75) is 19.8 Å². The van der Waals surface area contributed by atoms with Crippen molar-refractivity contribution < 1.29 is 23.5 Å². The van der Waals surface area contributed by atoms with Gasteiger partial charge in [0.1, 0.15) is 11.5 Å². The van der Waals surface area contributed by atoms with Crippen LogP contribution >= 0.6 is 0 Å². The minimum absolute atomic E-state index is 0.0699. The molecule has 1 N–H and O–H groups in total. The summed E-state index contributed by atoms with van der Waals surface area (Å²) in [6.07, 6.45) is 3.51. The van der Waals surface area contributed by atoms with Crippen LogP contribution in [0, 0.1) is 6.92 Å². The summed E-state index contributed by atoms with van der Waals surface area (Å²) in [7, 11) is 2.88. The predicted octanol–water partition coefficient (Wildman–Crippen LogP) is 2.80. The van der Waals surface area contributed by atoms with E-state index in [1.807, 2.05) is 31.2 Å². The molecule has 1 aromatic heterocycles. The molecule has 1 heterocycles. The molecule has 28 heavy (non-hydrogen) atoms. The van der Waals surface area contributed by atoms with E-state index < -0.39 is 0 Å². The second-order valence-corrected chi connectivity index (χ2v) is 6.32. The standard InChI is InChI=1S/C21H24N2O5/c1-15-4-6-16(7-5-15)22-19(24)14-23(2)20(25)12-10-17-8-9-18(28-17)11-13-21(26)27-3/h4-10,12H,11,13-14H2,1-3H3,(H,22,24). The van der Waals surface area contributed by atoms with Crippen LogP contribution in [0.5, 0.6) is 0 Å². The molecule has 0 unspecified atom stereocenters. The van der Waals surface area contributed by atoms with E-state index in [-0.39, 0.29) is 30.7 Å². The molecular formula is C21H24N2O5. The highest BCUT2D eigenvalue weighted by molar-refractivity contribution is 5.97. The minimum atomic E-state index is -0.327. The van der Waals surface area contributed by atoms with E-state index in [0.717, 1.165) is 5.56 Å². The lowest BCUT2D eigenvalue weighted by Crippen LogP contribution is -2.33. The summed E-state index contributed by atoms with van der Waals surface area (Å²) in [6.45, 7) is 1.89. The number of methoxy groups -OCH3 is 1.